The largest absolute Gasteiger partial charge is 0.338 e. The summed E-state index contributed by atoms with van der Waals surface area (Å²) in [5, 5.41) is 7.18. The van der Waals surface area contributed by atoms with Crippen LogP contribution in [0.1, 0.15) is 18.5 Å². The van der Waals surface area contributed by atoms with Gasteiger partial charge in [0.2, 0.25) is 0 Å². The number of urea groups is 1. The monoisotopic (exact) mass is 222 g/mol. The first kappa shape index (κ1) is 11.0. The Bertz CT molecular complexity index is 355. The third-order valence-electron chi connectivity index (χ3n) is 2.82. The highest BCUT2D eigenvalue weighted by atomic mass is 16.2. The lowest BCUT2D eigenvalue weighted by atomic mass is 10.3. The number of rotatable bonds is 3. The second-order valence-electron chi connectivity index (χ2n) is 4.16. The van der Waals surface area contributed by atoms with Crippen LogP contribution in [0.3, 0.4) is 0 Å². The van der Waals surface area contributed by atoms with E-state index >= 15 is 0 Å². The zero-order chi connectivity index (χ0) is 11.4. The number of hydrogen-bond donors (Lipinski definition) is 1. The van der Waals surface area contributed by atoms with E-state index in [4.69, 9.17) is 0 Å². The second-order valence-corrected chi connectivity index (χ2v) is 4.16. The standard InChI is InChI=1S/C11H18N4O/c1-14-9-5-10(13-14)4-6-12-11(16)15-7-2-3-8-15/h5,9H,2-4,6-8H2,1H3,(H,12,16). The first-order chi connectivity index (χ1) is 7.75. The molecular weight excluding hydrogens is 204 g/mol. The number of carbonyl (C=O) groups excluding carboxylic acids is 1. The molecule has 0 radical (unpaired) electrons. The second kappa shape index (κ2) is 5.01. The molecule has 2 rings (SSSR count). The van der Waals surface area contributed by atoms with E-state index in [1.54, 1.807) is 4.68 Å². The summed E-state index contributed by atoms with van der Waals surface area (Å²) in [5.74, 6) is 0. The first-order valence-electron chi connectivity index (χ1n) is 5.77. The van der Waals surface area contributed by atoms with Gasteiger partial charge in [0.05, 0.1) is 5.69 Å². The van der Waals surface area contributed by atoms with E-state index in [1.807, 2.05) is 24.2 Å². The number of nitrogens with zero attached hydrogens (tertiary/aromatic N) is 3. The van der Waals surface area contributed by atoms with Crippen molar-refractivity contribution in [2.45, 2.75) is 19.3 Å². The molecule has 0 aliphatic carbocycles. The highest BCUT2D eigenvalue weighted by molar-refractivity contribution is 5.74. The minimum Gasteiger partial charge on any atom is -0.338 e. The van der Waals surface area contributed by atoms with Crippen molar-refractivity contribution in [3.63, 3.8) is 0 Å². The van der Waals surface area contributed by atoms with Gasteiger partial charge in [0.25, 0.3) is 0 Å². The fourth-order valence-corrected chi connectivity index (χ4v) is 1.93. The Morgan fingerprint density at radius 2 is 2.25 bits per heavy atom. The first-order valence-corrected chi connectivity index (χ1v) is 5.77. The van der Waals surface area contributed by atoms with Crippen LogP contribution in [0, 0.1) is 0 Å². The molecule has 0 spiro atoms. The van der Waals surface area contributed by atoms with Crippen LogP contribution in [-0.4, -0.2) is 40.3 Å². The Labute approximate surface area is 95.4 Å². The Hall–Kier alpha value is -1.52. The summed E-state index contributed by atoms with van der Waals surface area (Å²) >= 11 is 0. The van der Waals surface area contributed by atoms with Gasteiger partial charge in [-0.1, -0.05) is 0 Å². The van der Waals surface area contributed by atoms with Crippen LogP contribution in [0.15, 0.2) is 12.3 Å². The molecule has 5 nitrogen and oxygen atoms in total. The molecule has 1 N–H and O–H groups in total. The van der Waals surface area contributed by atoms with E-state index in [9.17, 15) is 4.79 Å². The Morgan fingerprint density at radius 3 is 2.88 bits per heavy atom. The third-order valence-corrected chi connectivity index (χ3v) is 2.82. The molecule has 2 amide bonds. The molecule has 2 heterocycles. The molecule has 1 aromatic rings. The van der Waals surface area contributed by atoms with Gasteiger partial charge in [0, 0.05) is 39.3 Å². The van der Waals surface area contributed by atoms with Gasteiger partial charge in [-0.2, -0.15) is 5.10 Å². The van der Waals surface area contributed by atoms with Crippen molar-refractivity contribution in [3.05, 3.63) is 18.0 Å². The van der Waals surface area contributed by atoms with E-state index in [0.717, 1.165) is 38.0 Å². The van der Waals surface area contributed by atoms with Crippen molar-refractivity contribution in [2.24, 2.45) is 7.05 Å². The Kier molecular flexibility index (Phi) is 3.44. The number of carbonyl (C=O) groups is 1. The number of aromatic nitrogens is 2. The molecule has 0 unspecified atom stereocenters. The predicted octanol–water partition coefficient (Wildman–Crippen LogP) is 0.768. The molecule has 0 saturated carbocycles. The van der Waals surface area contributed by atoms with Crippen molar-refractivity contribution >= 4 is 6.03 Å². The van der Waals surface area contributed by atoms with E-state index in [2.05, 4.69) is 10.4 Å². The van der Waals surface area contributed by atoms with Gasteiger partial charge in [0.1, 0.15) is 0 Å². The third kappa shape index (κ3) is 2.74. The minimum atomic E-state index is 0.0634. The average molecular weight is 222 g/mol. The van der Waals surface area contributed by atoms with Gasteiger partial charge in [-0.05, 0) is 18.9 Å². The van der Waals surface area contributed by atoms with Gasteiger partial charge in [-0.3, -0.25) is 4.68 Å². The van der Waals surface area contributed by atoms with Crippen molar-refractivity contribution in [1.29, 1.82) is 0 Å². The van der Waals surface area contributed by atoms with Crippen molar-refractivity contribution < 1.29 is 4.79 Å². The van der Waals surface area contributed by atoms with E-state index < -0.39 is 0 Å². The van der Waals surface area contributed by atoms with E-state index in [-0.39, 0.29) is 6.03 Å². The average Bonchev–Trinajstić information content (AvgIpc) is 2.89. The van der Waals surface area contributed by atoms with Crippen molar-refractivity contribution in [2.75, 3.05) is 19.6 Å². The molecule has 1 fully saturated rings. The summed E-state index contributed by atoms with van der Waals surface area (Å²) in [6, 6.07) is 2.04. The summed E-state index contributed by atoms with van der Waals surface area (Å²) in [7, 11) is 1.90. The maximum atomic E-state index is 11.6. The van der Waals surface area contributed by atoms with Gasteiger partial charge < -0.3 is 10.2 Å². The topological polar surface area (TPSA) is 50.2 Å². The normalized spacial score (nSPS) is 15.4. The molecule has 0 aromatic carbocycles. The predicted molar refractivity (Wildman–Crippen MR) is 61.1 cm³/mol. The minimum absolute atomic E-state index is 0.0634. The molecule has 0 bridgehead atoms. The molecule has 1 aromatic heterocycles. The van der Waals surface area contributed by atoms with E-state index in [0.29, 0.717) is 6.54 Å². The van der Waals surface area contributed by atoms with Crippen LogP contribution < -0.4 is 5.32 Å². The summed E-state index contributed by atoms with van der Waals surface area (Å²) in [6.45, 7) is 2.46. The summed E-state index contributed by atoms with van der Waals surface area (Å²) in [5.41, 5.74) is 1.02. The van der Waals surface area contributed by atoms with Gasteiger partial charge in [-0.25, -0.2) is 4.79 Å². The molecule has 1 aliphatic rings. The Morgan fingerprint density at radius 1 is 1.50 bits per heavy atom. The zero-order valence-corrected chi connectivity index (χ0v) is 9.65. The van der Waals surface area contributed by atoms with Crippen LogP contribution >= 0.6 is 0 Å². The summed E-state index contributed by atoms with van der Waals surface area (Å²) in [6.07, 6.45) is 4.97. The molecule has 0 atom stereocenters. The van der Waals surface area contributed by atoms with Crippen LogP contribution in [0.4, 0.5) is 4.79 Å². The molecule has 1 aliphatic heterocycles. The lowest BCUT2D eigenvalue weighted by Gasteiger charge is -2.15. The maximum Gasteiger partial charge on any atom is 0.317 e. The molecule has 1 saturated heterocycles. The molecule has 88 valence electrons. The number of aryl methyl sites for hydroxylation is 1. The molecule has 16 heavy (non-hydrogen) atoms. The maximum absolute atomic E-state index is 11.6. The fraction of sp³-hybridized carbons (Fsp3) is 0.636. The number of hydrogen-bond acceptors (Lipinski definition) is 2. The Balaban J connectivity index is 1.69. The van der Waals surface area contributed by atoms with Crippen LogP contribution in [-0.2, 0) is 13.5 Å². The van der Waals surface area contributed by atoms with Crippen LogP contribution in [0.2, 0.25) is 0 Å². The smallest absolute Gasteiger partial charge is 0.317 e. The van der Waals surface area contributed by atoms with Gasteiger partial charge >= 0.3 is 6.03 Å². The molecular formula is C11H18N4O. The van der Waals surface area contributed by atoms with Crippen LogP contribution in [0.5, 0.6) is 0 Å². The van der Waals surface area contributed by atoms with Gasteiger partial charge in [0.15, 0.2) is 0 Å². The summed E-state index contributed by atoms with van der Waals surface area (Å²) < 4.78 is 1.78. The SMILES string of the molecule is Cn1ccc(CCNC(=O)N2CCCC2)n1. The zero-order valence-electron chi connectivity index (χ0n) is 9.65. The quantitative estimate of drug-likeness (QED) is 0.821. The fourth-order valence-electron chi connectivity index (χ4n) is 1.93. The van der Waals surface area contributed by atoms with Gasteiger partial charge in [-0.15, -0.1) is 0 Å². The van der Waals surface area contributed by atoms with Crippen molar-refractivity contribution in [1.82, 2.24) is 20.0 Å². The highest BCUT2D eigenvalue weighted by Crippen LogP contribution is 2.06. The molecule has 5 heteroatoms. The van der Waals surface area contributed by atoms with E-state index in [1.165, 1.54) is 0 Å². The number of amides is 2. The summed E-state index contributed by atoms with van der Waals surface area (Å²) in [4.78, 5) is 13.5. The van der Waals surface area contributed by atoms with Crippen LogP contribution in [0.25, 0.3) is 0 Å². The highest BCUT2D eigenvalue weighted by Gasteiger charge is 2.16. The number of nitrogens with one attached hydrogen (secondary N) is 1. The number of likely N-dealkylation sites (tertiary alicyclic amines) is 1. The van der Waals surface area contributed by atoms with Crippen molar-refractivity contribution in [3.8, 4) is 0 Å². The lowest BCUT2D eigenvalue weighted by molar-refractivity contribution is 0.209. The lowest BCUT2D eigenvalue weighted by Crippen LogP contribution is -2.38.